The second-order valence-corrected chi connectivity index (χ2v) is 4.59. The summed E-state index contributed by atoms with van der Waals surface area (Å²) < 4.78 is 11.2. The monoisotopic (exact) mass is 256 g/mol. The number of rotatable bonds is 4. The van der Waals surface area contributed by atoms with Gasteiger partial charge in [-0.3, -0.25) is 0 Å². The van der Waals surface area contributed by atoms with E-state index in [-0.39, 0.29) is 19.0 Å². The van der Waals surface area contributed by atoms with Gasteiger partial charge in [0.15, 0.2) is 6.29 Å². The summed E-state index contributed by atoms with van der Waals surface area (Å²) in [6.45, 7) is 0.665. The van der Waals surface area contributed by atoms with Crippen molar-refractivity contribution >= 4 is 11.6 Å². The summed E-state index contributed by atoms with van der Waals surface area (Å²) in [5.74, 6) is 0. The Morgan fingerprint density at radius 3 is 3.00 bits per heavy atom. The van der Waals surface area contributed by atoms with Crippen LogP contribution in [-0.2, 0) is 9.47 Å². The van der Waals surface area contributed by atoms with Gasteiger partial charge in [-0.1, -0.05) is 23.7 Å². The van der Waals surface area contributed by atoms with Gasteiger partial charge >= 0.3 is 0 Å². The minimum Gasteiger partial charge on any atom is -0.393 e. The van der Waals surface area contributed by atoms with Crippen LogP contribution < -0.4 is 0 Å². The molecule has 0 saturated carbocycles. The molecule has 1 N–H and O–H groups in total. The smallest absolute Gasteiger partial charge is 0.158 e. The Kier molecular flexibility index (Phi) is 4.80. The highest BCUT2D eigenvalue weighted by Gasteiger charge is 2.20. The Hall–Kier alpha value is -0.610. The number of hydrogen-bond donors (Lipinski definition) is 1. The van der Waals surface area contributed by atoms with Crippen LogP contribution in [0.5, 0.6) is 0 Å². The first kappa shape index (κ1) is 12.8. The summed E-state index contributed by atoms with van der Waals surface area (Å²) in [4.78, 5) is 0. The molecule has 0 aliphatic carbocycles. The minimum absolute atomic E-state index is 0.0692. The second-order valence-electron chi connectivity index (χ2n) is 4.16. The quantitative estimate of drug-likeness (QED) is 0.900. The molecule has 17 heavy (non-hydrogen) atoms. The molecule has 0 spiro atoms. The van der Waals surface area contributed by atoms with Crippen molar-refractivity contribution in [2.45, 2.75) is 31.7 Å². The molecule has 4 heteroatoms. The van der Waals surface area contributed by atoms with Crippen molar-refractivity contribution in [3.63, 3.8) is 0 Å². The molecule has 1 aliphatic rings. The molecule has 0 radical (unpaired) electrons. The van der Waals surface area contributed by atoms with Gasteiger partial charge in [-0.05, 0) is 37.0 Å². The van der Waals surface area contributed by atoms with Crippen LogP contribution in [0.25, 0.3) is 0 Å². The summed E-state index contributed by atoms with van der Waals surface area (Å²) in [5.41, 5.74) is 0.883. The molecule has 0 bridgehead atoms. The fourth-order valence-corrected chi connectivity index (χ4v) is 2.13. The van der Waals surface area contributed by atoms with Crippen LogP contribution >= 0.6 is 11.6 Å². The molecule has 1 aromatic rings. The number of ether oxygens (including phenoxy) is 2. The first-order valence-electron chi connectivity index (χ1n) is 5.93. The molecule has 2 rings (SSSR count). The fraction of sp³-hybridized carbons (Fsp3) is 0.538. The SMILES string of the molecule is OC[C@@H](OC1CCCCO1)c1cccc(Cl)c1. The molecule has 1 fully saturated rings. The molecule has 1 saturated heterocycles. The third kappa shape index (κ3) is 3.68. The van der Waals surface area contributed by atoms with E-state index in [9.17, 15) is 5.11 Å². The summed E-state index contributed by atoms with van der Waals surface area (Å²) in [6.07, 6.45) is 2.51. The lowest BCUT2D eigenvalue weighted by Gasteiger charge is -2.27. The van der Waals surface area contributed by atoms with Crippen LogP contribution in [0.15, 0.2) is 24.3 Å². The number of hydrogen-bond acceptors (Lipinski definition) is 3. The number of aliphatic hydroxyl groups is 1. The van der Waals surface area contributed by atoms with Crippen LogP contribution in [0.1, 0.15) is 30.9 Å². The highest BCUT2D eigenvalue weighted by atomic mass is 35.5. The van der Waals surface area contributed by atoms with Crippen LogP contribution in [0.4, 0.5) is 0 Å². The second kappa shape index (κ2) is 6.36. The summed E-state index contributed by atoms with van der Waals surface area (Å²) in [5, 5.41) is 10.0. The summed E-state index contributed by atoms with van der Waals surface area (Å²) >= 11 is 5.92. The Labute approximate surface area is 106 Å². The zero-order valence-corrected chi connectivity index (χ0v) is 10.4. The van der Waals surface area contributed by atoms with Crippen LogP contribution in [0, 0.1) is 0 Å². The fourth-order valence-electron chi connectivity index (χ4n) is 1.94. The minimum atomic E-state index is -0.364. The van der Waals surface area contributed by atoms with Gasteiger partial charge in [0.25, 0.3) is 0 Å². The maximum Gasteiger partial charge on any atom is 0.158 e. The lowest BCUT2D eigenvalue weighted by molar-refractivity contribution is -0.196. The van der Waals surface area contributed by atoms with Crippen molar-refractivity contribution in [1.29, 1.82) is 0 Å². The van der Waals surface area contributed by atoms with Crippen molar-refractivity contribution in [1.82, 2.24) is 0 Å². The molecule has 2 atom stereocenters. The lowest BCUT2D eigenvalue weighted by atomic mass is 10.1. The number of benzene rings is 1. The summed E-state index contributed by atoms with van der Waals surface area (Å²) in [7, 11) is 0. The highest BCUT2D eigenvalue weighted by molar-refractivity contribution is 6.30. The van der Waals surface area contributed by atoms with Gasteiger partial charge in [-0.15, -0.1) is 0 Å². The average Bonchev–Trinajstić information content (AvgIpc) is 2.37. The van der Waals surface area contributed by atoms with E-state index in [1.165, 1.54) is 0 Å². The molecular weight excluding hydrogens is 240 g/mol. The Morgan fingerprint density at radius 1 is 1.47 bits per heavy atom. The van der Waals surface area contributed by atoms with E-state index in [0.29, 0.717) is 5.02 Å². The van der Waals surface area contributed by atoms with Crippen molar-refractivity contribution < 1.29 is 14.6 Å². The van der Waals surface area contributed by atoms with Gasteiger partial charge in [0.1, 0.15) is 6.10 Å². The zero-order valence-electron chi connectivity index (χ0n) is 9.64. The van der Waals surface area contributed by atoms with Crippen molar-refractivity contribution in [2.75, 3.05) is 13.2 Å². The van der Waals surface area contributed by atoms with Crippen LogP contribution in [0.3, 0.4) is 0 Å². The third-order valence-corrected chi connectivity index (χ3v) is 3.08. The van der Waals surface area contributed by atoms with E-state index in [1.807, 2.05) is 18.2 Å². The molecule has 1 heterocycles. The Bertz CT molecular complexity index is 350. The van der Waals surface area contributed by atoms with Gasteiger partial charge in [-0.25, -0.2) is 0 Å². The predicted molar refractivity (Wildman–Crippen MR) is 66.0 cm³/mol. The maximum absolute atomic E-state index is 9.38. The normalized spacial score (nSPS) is 22.4. The Morgan fingerprint density at radius 2 is 2.35 bits per heavy atom. The molecule has 0 aromatic heterocycles. The van der Waals surface area contributed by atoms with Crippen molar-refractivity contribution in [2.24, 2.45) is 0 Å². The Balaban J connectivity index is 2.00. The van der Waals surface area contributed by atoms with E-state index >= 15 is 0 Å². The van der Waals surface area contributed by atoms with Gasteiger partial charge < -0.3 is 14.6 Å². The average molecular weight is 257 g/mol. The van der Waals surface area contributed by atoms with Gasteiger partial charge in [0, 0.05) is 11.6 Å². The van der Waals surface area contributed by atoms with Gasteiger partial charge in [0.05, 0.1) is 6.61 Å². The number of aliphatic hydroxyl groups excluding tert-OH is 1. The van der Waals surface area contributed by atoms with Crippen molar-refractivity contribution in [3.8, 4) is 0 Å². The van der Waals surface area contributed by atoms with E-state index in [2.05, 4.69) is 0 Å². The zero-order chi connectivity index (χ0) is 12.1. The molecule has 0 amide bonds. The first-order valence-corrected chi connectivity index (χ1v) is 6.31. The van der Waals surface area contributed by atoms with E-state index < -0.39 is 0 Å². The molecule has 3 nitrogen and oxygen atoms in total. The largest absolute Gasteiger partial charge is 0.393 e. The number of halogens is 1. The van der Waals surface area contributed by atoms with Gasteiger partial charge in [0.2, 0.25) is 0 Å². The molecule has 1 unspecified atom stereocenters. The van der Waals surface area contributed by atoms with Crippen LogP contribution in [-0.4, -0.2) is 24.6 Å². The predicted octanol–water partition coefficient (Wildman–Crippen LogP) is 2.92. The van der Waals surface area contributed by atoms with E-state index in [1.54, 1.807) is 6.07 Å². The van der Waals surface area contributed by atoms with Crippen LogP contribution in [0.2, 0.25) is 5.02 Å². The topological polar surface area (TPSA) is 38.7 Å². The molecular formula is C13H17ClO3. The van der Waals surface area contributed by atoms with E-state index in [4.69, 9.17) is 21.1 Å². The standard InChI is InChI=1S/C13H17ClO3/c14-11-5-3-4-10(8-11)12(9-15)17-13-6-1-2-7-16-13/h3-5,8,12-13,15H,1-2,6-7,9H2/t12-,13?/m1/s1. The molecule has 94 valence electrons. The first-order chi connectivity index (χ1) is 8.29. The van der Waals surface area contributed by atoms with Gasteiger partial charge in [-0.2, -0.15) is 0 Å². The molecule has 1 aliphatic heterocycles. The maximum atomic E-state index is 9.38. The van der Waals surface area contributed by atoms with Crippen molar-refractivity contribution in [3.05, 3.63) is 34.9 Å². The molecule has 1 aromatic carbocycles. The van der Waals surface area contributed by atoms with E-state index in [0.717, 1.165) is 31.4 Å². The summed E-state index contributed by atoms with van der Waals surface area (Å²) in [6, 6.07) is 7.36. The third-order valence-electron chi connectivity index (χ3n) is 2.84. The lowest BCUT2D eigenvalue weighted by Crippen LogP contribution is -2.25. The highest BCUT2D eigenvalue weighted by Crippen LogP contribution is 2.25.